The number of benzene rings is 1. The van der Waals surface area contributed by atoms with E-state index in [1.54, 1.807) is 0 Å². The summed E-state index contributed by atoms with van der Waals surface area (Å²) in [6.45, 7) is 4.79. The number of likely N-dealkylation sites (tertiary alicyclic amines) is 1. The van der Waals surface area contributed by atoms with E-state index in [2.05, 4.69) is 52.7 Å². The van der Waals surface area contributed by atoms with Crippen molar-refractivity contribution in [2.24, 2.45) is 0 Å². The zero-order chi connectivity index (χ0) is 18.0. The van der Waals surface area contributed by atoms with Gasteiger partial charge < -0.3 is 5.32 Å². The fourth-order valence-corrected chi connectivity index (χ4v) is 4.61. The molecule has 2 saturated heterocycles. The molecule has 2 aliphatic rings. The van der Waals surface area contributed by atoms with Crippen LogP contribution in [0.1, 0.15) is 48.6 Å². The van der Waals surface area contributed by atoms with Crippen LogP contribution < -0.4 is 5.32 Å². The monoisotopic (exact) mass is 349 g/mol. The zero-order valence-corrected chi connectivity index (χ0v) is 15.4. The number of aryl methyl sites for hydroxylation is 1. The molecule has 1 spiro atoms. The molecule has 0 saturated carbocycles. The Kier molecular flexibility index (Phi) is 4.77. The first-order chi connectivity index (χ1) is 12.6. The van der Waals surface area contributed by atoms with Crippen LogP contribution in [0.2, 0.25) is 0 Å². The topological polar surface area (TPSA) is 45.2 Å². The average molecular weight is 349 g/mol. The van der Waals surface area contributed by atoms with Gasteiger partial charge in [-0.25, -0.2) is 0 Å². The summed E-state index contributed by atoms with van der Waals surface area (Å²) in [4.78, 5) is 19.7. The highest BCUT2D eigenvalue weighted by Gasteiger charge is 2.49. The van der Waals surface area contributed by atoms with Crippen LogP contribution in [0.4, 0.5) is 0 Å². The summed E-state index contributed by atoms with van der Waals surface area (Å²) in [5.74, 6) is 0.440. The molecule has 1 N–H and O–H groups in total. The van der Waals surface area contributed by atoms with Gasteiger partial charge in [-0.1, -0.05) is 42.8 Å². The van der Waals surface area contributed by atoms with Crippen LogP contribution in [0, 0.1) is 6.92 Å². The first kappa shape index (κ1) is 17.2. The van der Waals surface area contributed by atoms with Crippen molar-refractivity contribution in [3.63, 3.8) is 0 Å². The minimum Gasteiger partial charge on any atom is -0.349 e. The number of nitrogens with one attached hydrogen (secondary N) is 1. The molecule has 3 heterocycles. The van der Waals surface area contributed by atoms with Gasteiger partial charge in [0.2, 0.25) is 5.91 Å². The lowest BCUT2D eigenvalue weighted by molar-refractivity contribution is -0.122. The summed E-state index contributed by atoms with van der Waals surface area (Å²) < 4.78 is 0. The second kappa shape index (κ2) is 7.20. The van der Waals surface area contributed by atoms with Gasteiger partial charge in [-0.15, -0.1) is 0 Å². The van der Waals surface area contributed by atoms with Crippen molar-refractivity contribution in [2.45, 2.75) is 50.6 Å². The third-order valence-corrected chi connectivity index (χ3v) is 5.79. The number of carbonyl (C=O) groups excluding carboxylic acids is 1. The van der Waals surface area contributed by atoms with Gasteiger partial charge in [0.15, 0.2) is 0 Å². The molecule has 136 valence electrons. The summed E-state index contributed by atoms with van der Waals surface area (Å²) >= 11 is 0. The fourth-order valence-electron chi connectivity index (χ4n) is 4.61. The van der Waals surface area contributed by atoms with Crippen molar-refractivity contribution < 1.29 is 4.79 Å². The Balaban J connectivity index is 1.65. The maximum absolute atomic E-state index is 12.4. The van der Waals surface area contributed by atoms with E-state index in [0.29, 0.717) is 6.42 Å². The average Bonchev–Trinajstić information content (AvgIpc) is 2.85. The maximum Gasteiger partial charge on any atom is 0.220 e. The molecule has 26 heavy (non-hydrogen) atoms. The number of amides is 1. The number of aromatic nitrogens is 1. The molecular formula is C22H27N3O. The van der Waals surface area contributed by atoms with Gasteiger partial charge in [0, 0.05) is 43.4 Å². The highest BCUT2D eigenvalue weighted by Crippen LogP contribution is 2.40. The van der Waals surface area contributed by atoms with Crippen molar-refractivity contribution in [3.8, 4) is 0 Å². The number of rotatable bonds is 3. The van der Waals surface area contributed by atoms with Crippen molar-refractivity contribution in [1.82, 2.24) is 15.2 Å². The summed E-state index contributed by atoms with van der Waals surface area (Å²) in [6.07, 6.45) is 3.76. The number of hydrogen-bond acceptors (Lipinski definition) is 3. The lowest BCUT2D eigenvalue weighted by Crippen LogP contribution is -2.52. The van der Waals surface area contributed by atoms with Gasteiger partial charge in [0.1, 0.15) is 0 Å². The third kappa shape index (κ3) is 3.51. The van der Waals surface area contributed by atoms with E-state index < -0.39 is 0 Å². The maximum atomic E-state index is 12.4. The van der Waals surface area contributed by atoms with Crippen LogP contribution in [0.15, 0.2) is 48.5 Å². The first-order valence-electron chi connectivity index (χ1n) is 9.65. The number of pyridine rings is 1. The fraction of sp³-hybridized carbons (Fsp3) is 0.455. The van der Waals surface area contributed by atoms with Crippen LogP contribution in [0.3, 0.4) is 0 Å². The molecule has 1 aromatic heterocycles. The minimum atomic E-state index is -0.191. The Bertz CT molecular complexity index is 776. The van der Waals surface area contributed by atoms with Crippen molar-refractivity contribution in [1.29, 1.82) is 0 Å². The second-order valence-corrected chi connectivity index (χ2v) is 7.82. The van der Waals surface area contributed by atoms with E-state index >= 15 is 0 Å². The van der Waals surface area contributed by atoms with E-state index in [4.69, 9.17) is 4.98 Å². The molecule has 4 rings (SSSR count). The van der Waals surface area contributed by atoms with Gasteiger partial charge in [0.25, 0.3) is 0 Å². The molecule has 2 aromatic rings. The lowest BCUT2D eigenvalue weighted by atomic mass is 9.81. The Labute approximate surface area is 155 Å². The molecule has 0 bridgehead atoms. The number of hydrogen-bond donors (Lipinski definition) is 1. The Hall–Kier alpha value is -2.20. The predicted octanol–water partition coefficient (Wildman–Crippen LogP) is 3.42. The predicted molar refractivity (Wildman–Crippen MR) is 103 cm³/mol. The molecule has 4 heteroatoms. The van der Waals surface area contributed by atoms with Crippen LogP contribution in [-0.4, -0.2) is 34.4 Å². The molecule has 2 atom stereocenters. The number of nitrogens with zero attached hydrogens (tertiary/aromatic N) is 2. The molecular weight excluding hydrogens is 322 g/mol. The van der Waals surface area contributed by atoms with Gasteiger partial charge in [-0.2, -0.15) is 0 Å². The van der Waals surface area contributed by atoms with Crippen LogP contribution in [0.5, 0.6) is 0 Å². The summed E-state index contributed by atoms with van der Waals surface area (Å²) in [7, 11) is 0. The standard InChI is InChI=1S/C22H27N3O/c1-17-8-7-11-20(23-17)19-15-25(14-18-9-3-2-4-10-18)16-22(19)13-6-5-12-21(26)24-22/h2-4,7-11,19H,5-6,12-16H2,1H3,(H,24,26)/t19-,22+/m0/s1. The van der Waals surface area contributed by atoms with Crippen molar-refractivity contribution >= 4 is 5.91 Å². The summed E-state index contributed by atoms with van der Waals surface area (Å²) in [5.41, 5.74) is 3.28. The van der Waals surface area contributed by atoms with Crippen molar-refractivity contribution in [2.75, 3.05) is 13.1 Å². The molecule has 1 amide bonds. The third-order valence-electron chi connectivity index (χ3n) is 5.79. The minimum absolute atomic E-state index is 0.191. The van der Waals surface area contributed by atoms with E-state index in [9.17, 15) is 4.79 Å². The largest absolute Gasteiger partial charge is 0.349 e. The van der Waals surface area contributed by atoms with Gasteiger partial charge in [-0.05, 0) is 37.5 Å². The zero-order valence-electron chi connectivity index (χ0n) is 15.4. The van der Waals surface area contributed by atoms with E-state index in [-0.39, 0.29) is 17.4 Å². The van der Waals surface area contributed by atoms with Gasteiger partial charge >= 0.3 is 0 Å². The summed E-state index contributed by atoms with van der Waals surface area (Å²) in [5, 5.41) is 3.42. The van der Waals surface area contributed by atoms with E-state index in [1.165, 1.54) is 5.56 Å². The Morgan fingerprint density at radius 1 is 1.15 bits per heavy atom. The molecule has 0 radical (unpaired) electrons. The highest BCUT2D eigenvalue weighted by atomic mass is 16.1. The smallest absolute Gasteiger partial charge is 0.220 e. The normalized spacial score (nSPS) is 26.7. The van der Waals surface area contributed by atoms with Crippen LogP contribution in [-0.2, 0) is 11.3 Å². The lowest BCUT2D eigenvalue weighted by Gasteiger charge is -2.34. The van der Waals surface area contributed by atoms with Gasteiger partial charge in [0.05, 0.1) is 5.54 Å². The molecule has 2 fully saturated rings. The highest BCUT2D eigenvalue weighted by molar-refractivity contribution is 5.77. The molecule has 4 nitrogen and oxygen atoms in total. The first-order valence-corrected chi connectivity index (χ1v) is 9.65. The van der Waals surface area contributed by atoms with E-state index in [0.717, 1.165) is 50.3 Å². The van der Waals surface area contributed by atoms with Crippen LogP contribution in [0.25, 0.3) is 0 Å². The molecule has 0 aliphatic carbocycles. The second-order valence-electron chi connectivity index (χ2n) is 7.82. The van der Waals surface area contributed by atoms with Crippen molar-refractivity contribution in [3.05, 3.63) is 65.5 Å². The SMILES string of the molecule is Cc1cccc([C@@H]2CN(Cc3ccccc3)C[C@]23CCCCC(=O)N3)n1. The Morgan fingerprint density at radius 2 is 2.00 bits per heavy atom. The van der Waals surface area contributed by atoms with Gasteiger partial charge in [-0.3, -0.25) is 14.7 Å². The molecule has 2 aliphatic heterocycles. The molecule has 1 aromatic carbocycles. The Morgan fingerprint density at radius 3 is 2.81 bits per heavy atom. The molecule has 0 unspecified atom stereocenters. The van der Waals surface area contributed by atoms with Crippen LogP contribution >= 0.6 is 0 Å². The van der Waals surface area contributed by atoms with E-state index in [1.807, 2.05) is 13.0 Å². The summed E-state index contributed by atoms with van der Waals surface area (Å²) in [6, 6.07) is 16.8. The quantitative estimate of drug-likeness (QED) is 0.923. The number of carbonyl (C=O) groups is 1.